The van der Waals surface area contributed by atoms with Crippen molar-refractivity contribution in [3.8, 4) is 0 Å². The molecule has 2 atom stereocenters. The molecule has 0 N–H and O–H groups in total. The lowest BCUT2D eigenvalue weighted by molar-refractivity contribution is -0.184. The van der Waals surface area contributed by atoms with Crippen molar-refractivity contribution in [1.29, 1.82) is 0 Å². The number of hydrogen-bond acceptors (Lipinski definition) is 4. The largest absolute Gasteiger partial charge is 0.357 e. The highest BCUT2D eigenvalue weighted by atomic mass is 16.8. The van der Waals surface area contributed by atoms with Gasteiger partial charge in [0.05, 0.1) is 6.61 Å². The maximum Gasteiger partial charge on any atom is 0.200 e. The van der Waals surface area contributed by atoms with Gasteiger partial charge >= 0.3 is 0 Å². The Hall–Kier alpha value is -3.83. The van der Waals surface area contributed by atoms with Crippen LogP contribution in [0.25, 0.3) is 5.57 Å². The van der Waals surface area contributed by atoms with E-state index in [9.17, 15) is 4.79 Å². The molecule has 0 aromatic heterocycles. The van der Waals surface area contributed by atoms with Crippen molar-refractivity contribution < 1.29 is 19.0 Å². The Balaban J connectivity index is 1.41. The van der Waals surface area contributed by atoms with E-state index in [0.717, 1.165) is 41.5 Å². The van der Waals surface area contributed by atoms with Crippen molar-refractivity contribution in [2.45, 2.75) is 63.1 Å². The summed E-state index contributed by atoms with van der Waals surface area (Å²) in [5.41, 5.74) is 3.37. The lowest BCUT2D eigenvalue weighted by Crippen LogP contribution is -2.50. The number of unbranched alkanes of at least 4 members (excludes halogenated alkanes) is 1. The summed E-state index contributed by atoms with van der Waals surface area (Å²) >= 11 is 0. The number of hydrogen-bond donors (Lipinski definition) is 0. The Morgan fingerprint density at radius 2 is 1.29 bits per heavy atom. The average Bonchev–Trinajstić information content (AvgIpc) is 3.44. The van der Waals surface area contributed by atoms with E-state index in [-0.39, 0.29) is 12.4 Å². The standard InChI is InChI=1S/C38H38O4/c1-4-5-15-28-22-24-29(25-23-28)33-26-34-37(35(33)39,42-36(2,3)41-34)27-40-38(30-16-9-6-10-17-30,31-18-11-7-12-19-31)32-20-13-8-14-21-32/h6-14,16-26,34H,4-5,15,27H2,1-3H3/t34-,37-/m0/s1. The van der Waals surface area contributed by atoms with Crippen molar-refractivity contribution in [2.75, 3.05) is 6.61 Å². The van der Waals surface area contributed by atoms with E-state index >= 15 is 0 Å². The molecule has 1 saturated heterocycles. The first-order chi connectivity index (χ1) is 20.4. The van der Waals surface area contributed by atoms with Gasteiger partial charge in [-0.1, -0.05) is 129 Å². The lowest BCUT2D eigenvalue weighted by Gasteiger charge is -2.39. The van der Waals surface area contributed by atoms with E-state index in [1.54, 1.807) is 0 Å². The van der Waals surface area contributed by atoms with Crippen LogP contribution in [0.5, 0.6) is 0 Å². The minimum Gasteiger partial charge on any atom is -0.357 e. The summed E-state index contributed by atoms with van der Waals surface area (Å²) in [4.78, 5) is 14.4. The quantitative estimate of drug-likeness (QED) is 0.186. The van der Waals surface area contributed by atoms with Gasteiger partial charge in [-0.2, -0.15) is 0 Å². The Morgan fingerprint density at radius 3 is 1.79 bits per heavy atom. The van der Waals surface area contributed by atoms with E-state index in [0.29, 0.717) is 5.57 Å². The normalized spacial score (nSPS) is 21.3. The summed E-state index contributed by atoms with van der Waals surface area (Å²) in [6.07, 6.45) is 4.68. The van der Waals surface area contributed by atoms with Crippen LogP contribution in [0.4, 0.5) is 0 Å². The number of carbonyl (C=O) groups is 1. The Bertz CT molecular complexity index is 1440. The van der Waals surface area contributed by atoms with Gasteiger partial charge < -0.3 is 14.2 Å². The van der Waals surface area contributed by atoms with Gasteiger partial charge in [-0.15, -0.1) is 0 Å². The Kier molecular flexibility index (Phi) is 7.71. The van der Waals surface area contributed by atoms with E-state index in [4.69, 9.17) is 14.2 Å². The molecular formula is C38H38O4. The van der Waals surface area contributed by atoms with Crippen LogP contribution in [-0.2, 0) is 31.0 Å². The topological polar surface area (TPSA) is 44.8 Å². The number of carbonyl (C=O) groups excluding carboxylic acids is 1. The molecule has 6 rings (SSSR count). The molecule has 214 valence electrons. The van der Waals surface area contributed by atoms with Gasteiger partial charge in [0.25, 0.3) is 0 Å². The van der Waals surface area contributed by atoms with Crippen molar-refractivity contribution in [2.24, 2.45) is 0 Å². The second-order valence-electron chi connectivity index (χ2n) is 11.7. The third-order valence-electron chi connectivity index (χ3n) is 8.37. The number of Topliss-reactive ketones (excluding diaryl/α,β-unsaturated/α-hetero) is 1. The number of rotatable bonds is 10. The van der Waals surface area contributed by atoms with Crippen LogP contribution >= 0.6 is 0 Å². The van der Waals surface area contributed by atoms with Gasteiger partial charge in [-0.25, -0.2) is 0 Å². The van der Waals surface area contributed by atoms with Crippen molar-refractivity contribution >= 4 is 11.4 Å². The zero-order valence-electron chi connectivity index (χ0n) is 24.6. The molecule has 4 nitrogen and oxygen atoms in total. The van der Waals surface area contributed by atoms with Crippen LogP contribution in [0, 0.1) is 0 Å². The lowest BCUT2D eigenvalue weighted by atomic mass is 9.79. The van der Waals surface area contributed by atoms with Crippen molar-refractivity contribution in [3.05, 3.63) is 149 Å². The smallest absolute Gasteiger partial charge is 0.200 e. The second-order valence-corrected chi connectivity index (χ2v) is 11.7. The molecule has 0 unspecified atom stereocenters. The predicted octanol–water partition coefficient (Wildman–Crippen LogP) is 7.89. The van der Waals surface area contributed by atoms with Crippen LogP contribution in [0.3, 0.4) is 0 Å². The van der Waals surface area contributed by atoms with Gasteiger partial charge in [0, 0.05) is 5.57 Å². The molecule has 1 aliphatic heterocycles. The van der Waals surface area contributed by atoms with Gasteiger partial charge in [-0.05, 0) is 60.6 Å². The number of benzene rings is 4. The van der Waals surface area contributed by atoms with Crippen LogP contribution in [0.15, 0.2) is 121 Å². The van der Waals surface area contributed by atoms with Gasteiger partial charge in [0.2, 0.25) is 5.78 Å². The molecule has 2 aliphatic rings. The fourth-order valence-electron chi connectivity index (χ4n) is 6.34. The van der Waals surface area contributed by atoms with Gasteiger partial charge in [0.1, 0.15) is 11.7 Å². The predicted molar refractivity (Wildman–Crippen MR) is 166 cm³/mol. The number of fused-ring (bicyclic) bond motifs is 1. The summed E-state index contributed by atoms with van der Waals surface area (Å²) in [6.45, 7) is 5.91. The molecule has 4 heteroatoms. The average molecular weight is 559 g/mol. The van der Waals surface area contributed by atoms with Crippen LogP contribution in [0.1, 0.15) is 61.4 Å². The highest BCUT2D eigenvalue weighted by Crippen LogP contribution is 2.49. The molecular weight excluding hydrogens is 520 g/mol. The first kappa shape index (κ1) is 28.3. The number of ether oxygens (including phenoxy) is 3. The molecule has 0 spiro atoms. The molecule has 0 bridgehead atoms. The van der Waals surface area contributed by atoms with Crippen molar-refractivity contribution in [1.82, 2.24) is 0 Å². The van der Waals surface area contributed by atoms with E-state index < -0.39 is 23.1 Å². The Morgan fingerprint density at radius 1 is 0.762 bits per heavy atom. The molecule has 4 aromatic rings. The summed E-state index contributed by atoms with van der Waals surface area (Å²) in [7, 11) is 0. The molecule has 0 amide bonds. The molecule has 1 fully saturated rings. The maximum absolute atomic E-state index is 14.4. The summed E-state index contributed by atoms with van der Waals surface area (Å²) in [6, 6.07) is 38.9. The molecule has 0 saturated carbocycles. The molecule has 1 aliphatic carbocycles. The number of aryl methyl sites for hydroxylation is 1. The minimum atomic E-state index is -1.32. The SMILES string of the molecule is CCCCc1ccc(C2=C[C@@H]3OC(C)(C)O[C@]3(COC(c3ccccc3)(c3ccccc3)c3ccccc3)C2=O)cc1. The fraction of sp³-hybridized carbons (Fsp3) is 0.289. The molecule has 1 heterocycles. The summed E-state index contributed by atoms with van der Waals surface area (Å²) in [5.74, 6) is -1.05. The Labute approximate surface area is 249 Å². The van der Waals surface area contributed by atoms with Crippen LogP contribution in [-0.4, -0.2) is 29.9 Å². The molecule has 0 radical (unpaired) electrons. The first-order valence-corrected chi connectivity index (χ1v) is 14.9. The van der Waals surface area contributed by atoms with E-state index in [2.05, 4.69) is 55.5 Å². The summed E-state index contributed by atoms with van der Waals surface area (Å²) < 4.78 is 20.0. The third kappa shape index (κ3) is 5.05. The van der Waals surface area contributed by atoms with E-state index in [1.807, 2.05) is 86.7 Å². The van der Waals surface area contributed by atoms with Gasteiger partial charge in [0.15, 0.2) is 11.4 Å². The minimum absolute atomic E-state index is 0.00714. The van der Waals surface area contributed by atoms with Crippen molar-refractivity contribution in [3.63, 3.8) is 0 Å². The summed E-state index contributed by atoms with van der Waals surface area (Å²) in [5, 5.41) is 0. The zero-order chi connectivity index (χ0) is 29.2. The third-order valence-corrected chi connectivity index (χ3v) is 8.37. The first-order valence-electron chi connectivity index (χ1n) is 14.9. The van der Waals surface area contributed by atoms with Crippen LogP contribution in [0.2, 0.25) is 0 Å². The second kappa shape index (κ2) is 11.4. The molecule has 42 heavy (non-hydrogen) atoms. The highest BCUT2D eigenvalue weighted by Gasteiger charge is 2.62. The van der Waals surface area contributed by atoms with E-state index in [1.165, 1.54) is 5.56 Å². The highest BCUT2D eigenvalue weighted by molar-refractivity contribution is 6.27. The van der Waals surface area contributed by atoms with Crippen LogP contribution < -0.4 is 0 Å². The maximum atomic E-state index is 14.4. The molecule has 4 aromatic carbocycles. The monoisotopic (exact) mass is 558 g/mol. The number of ketones is 1. The zero-order valence-corrected chi connectivity index (χ0v) is 24.6. The fourth-order valence-corrected chi connectivity index (χ4v) is 6.34. The van der Waals surface area contributed by atoms with Gasteiger partial charge in [-0.3, -0.25) is 4.79 Å².